The normalized spacial score (nSPS) is 22.1. The molecule has 1 saturated heterocycles. The zero-order valence-corrected chi connectivity index (χ0v) is 16.6. The van der Waals surface area contributed by atoms with Crippen LogP contribution in [-0.4, -0.2) is 37.6 Å². The van der Waals surface area contributed by atoms with E-state index in [0.29, 0.717) is 19.0 Å². The van der Waals surface area contributed by atoms with Gasteiger partial charge in [0.05, 0.1) is 18.8 Å². The first-order valence-electron chi connectivity index (χ1n) is 10.0. The molecule has 2 aliphatic rings. The minimum Gasteiger partial charge on any atom is -0.496 e. The summed E-state index contributed by atoms with van der Waals surface area (Å²) in [7, 11) is 3.56. The summed E-state index contributed by atoms with van der Waals surface area (Å²) < 4.78 is 5.65. The predicted octanol–water partition coefficient (Wildman–Crippen LogP) is 2.58. The fourth-order valence-electron chi connectivity index (χ4n) is 4.26. The molecule has 2 atom stereocenters. The van der Waals surface area contributed by atoms with Gasteiger partial charge in [0.2, 0.25) is 5.91 Å². The van der Waals surface area contributed by atoms with E-state index in [-0.39, 0.29) is 11.9 Å². The Kier molecular flexibility index (Phi) is 5.59. The molecular formula is C22H28N4O2. The van der Waals surface area contributed by atoms with Crippen LogP contribution in [-0.2, 0) is 17.8 Å². The number of piperidine rings is 1. The first-order chi connectivity index (χ1) is 13.7. The van der Waals surface area contributed by atoms with Crippen molar-refractivity contribution in [3.8, 4) is 5.75 Å². The van der Waals surface area contributed by atoms with Crippen LogP contribution in [0.25, 0.3) is 0 Å². The van der Waals surface area contributed by atoms with Crippen molar-refractivity contribution in [2.45, 2.75) is 44.3 Å². The molecule has 0 radical (unpaired) electrons. The van der Waals surface area contributed by atoms with Gasteiger partial charge in [-0.15, -0.1) is 0 Å². The van der Waals surface area contributed by atoms with Gasteiger partial charge in [-0.05, 0) is 55.6 Å². The second kappa shape index (κ2) is 8.29. The molecule has 6 heteroatoms. The zero-order chi connectivity index (χ0) is 19.5. The number of hydrogen-bond donors (Lipinski definition) is 2. The molecule has 1 fully saturated rings. The smallest absolute Gasteiger partial charge is 0.227 e. The van der Waals surface area contributed by atoms with Gasteiger partial charge in [0.15, 0.2) is 0 Å². The van der Waals surface area contributed by atoms with E-state index >= 15 is 0 Å². The number of ether oxygens (including phenoxy) is 1. The van der Waals surface area contributed by atoms with Gasteiger partial charge in [0.1, 0.15) is 5.75 Å². The summed E-state index contributed by atoms with van der Waals surface area (Å²) in [4.78, 5) is 18.4. The Bertz CT molecular complexity index is 840. The van der Waals surface area contributed by atoms with Gasteiger partial charge in [-0.3, -0.25) is 9.78 Å². The summed E-state index contributed by atoms with van der Waals surface area (Å²) in [5.74, 6) is 1.05. The molecule has 4 rings (SSSR count). The van der Waals surface area contributed by atoms with Gasteiger partial charge in [-0.25, -0.2) is 0 Å². The number of pyridine rings is 1. The van der Waals surface area contributed by atoms with Gasteiger partial charge < -0.3 is 20.3 Å². The van der Waals surface area contributed by atoms with Crippen molar-refractivity contribution in [2.24, 2.45) is 0 Å². The van der Waals surface area contributed by atoms with Crippen LogP contribution in [0.1, 0.15) is 42.1 Å². The molecule has 0 saturated carbocycles. The molecule has 0 aliphatic carbocycles. The number of aryl methyl sites for hydroxylation is 1. The van der Waals surface area contributed by atoms with E-state index in [1.165, 1.54) is 5.56 Å². The van der Waals surface area contributed by atoms with Crippen molar-refractivity contribution in [2.75, 3.05) is 25.6 Å². The third kappa shape index (κ3) is 3.75. The number of fused-ring (bicyclic) bond motifs is 1. The second-order valence-corrected chi connectivity index (χ2v) is 7.56. The van der Waals surface area contributed by atoms with Crippen LogP contribution in [0.2, 0.25) is 0 Å². The molecule has 1 amide bonds. The van der Waals surface area contributed by atoms with Gasteiger partial charge >= 0.3 is 0 Å². The monoisotopic (exact) mass is 380 g/mol. The summed E-state index contributed by atoms with van der Waals surface area (Å²) in [6.07, 6.45) is 5.42. The molecule has 2 N–H and O–H groups in total. The highest BCUT2D eigenvalue weighted by molar-refractivity contribution is 5.96. The van der Waals surface area contributed by atoms with Crippen molar-refractivity contribution in [3.63, 3.8) is 0 Å². The number of amides is 1. The topological polar surface area (TPSA) is 66.5 Å². The predicted molar refractivity (Wildman–Crippen MR) is 110 cm³/mol. The van der Waals surface area contributed by atoms with E-state index in [4.69, 9.17) is 4.74 Å². The van der Waals surface area contributed by atoms with Gasteiger partial charge in [0.25, 0.3) is 0 Å². The fraction of sp³-hybridized carbons (Fsp3) is 0.455. The maximum atomic E-state index is 12.1. The molecule has 28 heavy (non-hydrogen) atoms. The van der Waals surface area contributed by atoms with Gasteiger partial charge in [0, 0.05) is 43.5 Å². The van der Waals surface area contributed by atoms with Crippen LogP contribution < -0.4 is 20.3 Å². The largest absolute Gasteiger partial charge is 0.496 e. The number of methoxy groups -OCH3 is 1. The molecule has 0 bridgehead atoms. The number of nitrogens with zero attached hydrogens (tertiary/aromatic N) is 2. The lowest BCUT2D eigenvalue weighted by atomic mass is 9.94. The number of nitrogens with one attached hydrogen (secondary N) is 2. The summed E-state index contributed by atoms with van der Waals surface area (Å²) in [6, 6.07) is 10.7. The average Bonchev–Trinajstić information content (AvgIpc) is 2.75. The average molecular weight is 380 g/mol. The molecule has 0 spiro atoms. The quantitative estimate of drug-likeness (QED) is 0.835. The Morgan fingerprint density at radius 1 is 1.32 bits per heavy atom. The highest BCUT2D eigenvalue weighted by Crippen LogP contribution is 2.34. The Balaban J connectivity index is 1.54. The first kappa shape index (κ1) is 18.9. The van der Waals surface area contributed by atoms with Crippen LogP contribution in [0, 0.1) is 0 Å². The van der Waals surface area contributed by atoms with Crippen LogP contribution in [0.3, 0.4) is 0 Å². The minimum absolute atomic E-state index is 0.170. The number of carbonyl (C=O) groups excluding carboxylic acids is 1. The van der Waals surface area contributed by atoms with Crippen LogP contribution in [0.4, 0.5) is 5.69 Å². The van der Waals surface area contributed by atoms with E-state index in [1.807, 2.05) is 25.4 Å². The van der Waals surface area contributed by atoms with Crippen molar-refractivity contribution in [3.05, 3.63) is 53.3 Å². The summed E-state index contributed by atoms with van der Waals surface area (Å²) in [5.41, 5.74) is 4.32. The summed E-state index contributed by atoms with van der Waals surface area (Å²) >= 11 is 0. The fourth-order valence-corrected chi connectivity index (χ4v) is 4.26. The zero-order valence-electron chi connectivity index (χ0n) is 16.6. The summed E-state index contributed by atoms with van der Waals surface area (Å²) in [6.45, 7) is 1.70. The van der Waals surface area contributed by atoms with Crippen molar-refractivity contribution >= 4 is 11.6 Å². The van der Waals surface area contributed by atoms with E-state index in [2.05, 4.69) is 33.8 Å². The molecule has 1 aromatic carbocycles. The van der Waals surface area contributed by atoms with E-state index in [1.54, 1.807) is 12.0 Å². The number of rotatable bonds is 5. The highest BCUT2D eigenvalue weighted by Gasteiger charge is 2.28. The van der Waals surface area contributed by atoms with Crippen molar-refractivity contribution < 1.29 is 9.53 Å². The lowest BCUT2D eigenvalue weighted by molar-refractivity contribution is -0.118. The third-order valence-electron chi connectivity index (χ3n) is 5.84. The molecule has 6 nitrogen and oxygen atoms in total. The third-order valence-corrected chi connectivity index (χ3v) is 5.84. The van der Waals surface area contributed by atoms with Crippen LogP contribution in [0.15, 0.2) is 36.5 Å². The number of carbonyl (C=O) groups is 1. The number of aromatic nitrogens is 1. The SMILES string of the molecule is COc1cc2c(cc1CNC1CCCNC1c1ccccn1)N(C)C(=O)CC2. The molecule has 2 aromatic rings. The minimum atomic E-state index is 0.170. The Morgan fingerprint density at radius 3 is 3.00 bits per heavy atom. The Labute approximate surface area is 166 Å². The Morgan fingerprint density at radius 2 is 2.21 bits per heavy atom. The lowest BCUT2D eigenvalue weighted by Crippen LogP contribution is -2.46. The van der Waals surface area contributed by atoms with Crippen molar-refractivity contribution in [1.82, 2.24) is 15.6 Å². The Hall–Kier alpha value is -2.44. The molecule has 148 valence electrons. The van der Waals surface area contributed by atoms with Crippen molar-refractivity contribution in [1.29, 1.82) is 0 Å². The first-order valence-corrected chi connectivity index (χ1v) is 10.0. The molecule has 2 unspecified atom stereocenters. The van der Waals surface area contributed by atoms with E-state index < -0.39 is 0 Å². The highest BCUT2D eigenvalue weighted by atomic mass is 16.5. The standard InChI is InChI=1S/C22H28N4O2/c1-26-19-12-16(20(28-2)13-15(19)8-9-21(26)27)14-25-18-7-5-11-24-22(18)17-6-3-4-10-23-17/h3-4,6,10,12-13,18,22,24-25H,5,7-9,11,14H2,1-2H3. The molecule has 3 heterocycles. The van der Waals surface area contributed by atoms with E-state index in [9.17, 15) is 4.79 Å². The maximum absolute atomic E-state index is 12.1. The van der Waals surface area contributed by atoms with Crippen LogP contribution in [0.5, 0.6) is 5.75 Å². The number of anilines is 1. The van der Waals surface area contributed by atoms with Crippen LogP contribution >= 0.6 is 0 Å². The maximum Gasteiger partial charge on any atom is 0.227 e. The molecule has 2 aliphatic heterocycles. The molecule has 1 aromatic heterocycles. The molecular weight excluding hydrogens is 352 g/mol. The van der Waals surface area contributed by atoms with Gasteiger partial charge in [-0.1, -0.05) is 6.07 Å². The lowest BCUT2D eigenvalue weighted by Gasteiger charge is -2.33. The van der Waals surface area contributed by atoms with E-state index in [0.717, 1.165) is 48.5 Å². The number of benzene rings is 1. The summed E-state index contributed by atoms with van der Waals surface area (Å²) in [5, 5.41) is 7.31. The number of hydrogen-bond acceptors (Lipinski definition) is 5. The van der Waals surface area contributed by atoms with Gasteiger partial charge in [-0.2, -0.15) is 0 Å². The second-order valence-electron chi connectivity index (χ2n) is 7.56.